The molecule has 0 fully saturated rings. The zero-order valence-corrected chi connectivity index (χ0v) is 11.7. The molecule has 0 radical (unpaired) electrons. The monoisotopic (exact) mass is 276 g/mol. The Labute approximate surface area is 123 Å². The number of aromatic nitrogens is 1. The summed E-state index contributed by atoms with van der Waals surface area (Å²) in [7, 11) is 0. The summed E-state index contributed by atoms with van der Waals surface area (Å²) in [6, 6.07) is 14.0. The molecule has 0 saturated heterocycles. The normalized spacial score (nSPS) is 13.3. The molecule has 1 aromatic heterocycles. The van der Waals surface area contributed by atoms with Crippen LogP contribution in [-0.4, -0.2) is 4.98 Å². The van der Waals surface area contributed by atoms with Crippen LogP contribution in [0.5, 0.6) is 11.5 Å². The van der Waals surface area contributed by atoms with Gasteiger partial charge in [-0.3, -0.25) is 4.98 Å². The molecule has 1 heterocycles. The Kier molecular flexibility index (Phi) is 2.78. The van der Waals surface area contributed by atoms with Crippen molar-refractivity contribution in [1.29, 1.82) is 0 Å². The Balaban J connectivity index is 1.72. The maximum Gasteiger partial charge on any atom is 0.151 e. The van der Waals surface area contributed by atoms with E-state index in [1.165, 1.54) is 24.0 Å². The van der Waals surface area contributed by atoms with Crippen LogP contribution < -0.4 is 10.5 Å². The molecule has 0 atom stereocenters. The van der Waals surface area contributed by atoms with Gasteiger partial charge in [0.1, 0.15) is 5.75 Å². The van der Waals surface area contributed by atoms with E-state index in [9.17, 15) is 0 Å². The summed E-state index contributed by atoms with van der Waals surface area (Å²) in [4.78, 5) is 4.30. The molecule has 3 aromatic rings. The number of fused-ring (bicyclic) bond motifs is 2. The molecule has 4 rings (SSSR count). The van der Waals surface area contributed by atoms with Gasteiger partial charge in [0.25, 0.3) is 0 Å². The molecule has 3 heteroatoms. The fourth-order valence-electron chi connectivity index (χ4n) is 2.98. The van der Waals surface area contributed by atoms with Crippen molar-refractivity contribution in [2.75, 3.05) is 5.73 Å². The van der Waals surface area contributed by atoms with Gasteiger partial charge in [0.2, 0.25) is 0 Å². The molecular formula is C18H16N2O. The van der Waals surface area contributed by atoms with Crippen molar-refractivity contribution in [2.45, 2.75) is 19.3 Å². The highest BCUT2D eigenvalue weighted by Gasteiger charge is 2.12. The van der Waals surface area contributed by atoms with Crippen LogP contribution in [0.2, 0.25) is 0 Å². The lowest BCUT2D eigenvalue weighted by Crippen LogP contribution is -1.95. The van der Waals surface area contributed by atoms with Crippen LogP contribution in [0, 0.1) is 0 Å². The number of rotatable bonds is 2. The maximum atomic E-state index is 6.21. The van der Waals surface area contributed by atoms with E-state index in [-0.39, 0.29) is 0 Å². The Morgan fingerprint density at radius 1 is 1.00 bits per heavy atom. The van der Waals surface area contributed by atoms with Gasteiger partial charge in [0, 0.05) is 11.6 Å². The van der Waals surface area contributed by atoms with Gasteiger partial charge in [0.15, 0.2) is 5.75 Å². The molecule has 0 unspecified atom stereocenters. The van der Waals surface area contributed by atoms with Gasteiger partial charge in [-0.15, -0.1) is 0 Å². The highest BCUT2D eigenvalue weighted by atomic mass is 16.5. The van der Waals surface area contributed by atoms with E-state index >= 15 is 0 Å². The minimum Gasteiger partial charge on any atom is -0.455 e. The molecular weight excluding hydrogens is 260 g/mol. The Hall–Kier alpha value is -2.55. The van der Waals surface area contributed by atoms with Crippen LogP contribution in [-0.2, 0) is 12.8 Å². The highest BCUT2D eigenvalue weighted by Crippen LogP contribution is 2.34. The first-order valence-electron chi connectivity index (χ1n) is 7.24. The fraction of sp³-hybridized carbons (Fsp3) is 0.167. The van der Waals surface area contributed by atoms with Crippen LogP contribution >= 0.6 is 0 Å². The van der Waals surface area contributed by atoms with Crippen molar-refractivity contribution >= 4 is 16.6 Å². The number of nitrogen functional groups attached to an aromatic ring is 1. The molecule has 3 nitrogen and oxygen atoms in total. The lowest BCUT2D eigenvalue weighted by Gasteiger charge is -2.11. The predicted octanol–water partition coefficient (Wildman–Crippen LogP) is 4.10. The number of nitrogens with two attached hydrogens (primary N) is 1. The van der Waals surface area contributed by atoms with Crippen molar-refractivity contribution in [3.05, 3.63) is 59.8 Å². The number of hydrogen-bond acceptors (Lipinski definition) is 3. The summed E-state index contributed by atoms with van der Waals surface area (Å²) in [6.07, 6.45) is 5.33. The summed E-state index contributed by atoms with van der Waals surface area (Å²) in [5, 5.41) is 0.927. The van der Waals surface area contributed by atoms with E-state index in [1.54, 1.807) is 6.20 Å². The van der Waals surface area contributed by atoms with Crippen molar-refractivity contribution in [1.82, 2.24) is 4.98 Å². The molecule has 104 valence electrons. The molecule has 0 aliphatic heterocycles. The second-order valence-electron chi connectivity index (χ2n) is 5.43. The average Bonchev–Trinajstić information content (AvgIpc) is 2.98. The first-order chi connectivity index (χ1) is 10.3. The molecule has 1 aliphatic carbocycles. The van der Waals surface area contributed by atoms with E-state index in [2.05, 4.69) is 17.1 Å². The van der Waals surface area contributed by atoms with E-state index in [1.807, 2.05) is 30.3 Å². The summed E-state index contributed by atoms with van der Waals surface area (Å²) >= 11 is 0. The van der Waals surface area contributed by atoms with Gasteiger partial charge in [0.05, 0.1) is 11.2 Å². The number of ether oxygens (including phenoxy) is 1. The molecule has 0 bridgehead atoms. The molecule has 21 heavy (non-hydrogen) atoms. The van der Waals surface area contributed by atoms with E-state index < -0.39 is 0 Å². The van der Waals surface area contributed by atoms with Gasteiger partial charge < -0.3 is 10.5 Å². The third-order valence-corrected chi connectivity index (χ3v) is 4.08. The van der Waals surface area contributed by atoms with Crippen molar-refractivity contribution < 1.29 is 4.74 Å². The predicted molar refractivity (Wildman–Crippen MR) is 84.7 cm³/mol. The standard InChI is InChI=1S/C18H16N2O/c19-18-15-5-2-10-20-16(15)8-9-17(18)21-14-7-6-12-3-1-4-13(12)11-14/h2,5-11H,1,3-4,19H2. The minimum atomic E-state index is 0.640. The Morgan fingerprint density at radius 2 is 1.90 bits per heavy atom. The largest absolute Gasteiger partial charge is 0.455 e. The quantitative estimate of drug-likeness (QED) is 0.717. The summed E-state index contributed by atoms with van der Waals surface area (Å²) in [5.74, 6) is 1.54. The molecule has 2 aromatic carbocycles. The summed E-state index contributed by atoms with van der Waals surface area (Å²) in [5.41, 5.74) is 10.6. The zero-order valence-electron chi connectivity index (χ0n) is 11.7. The average molecular weight is 276 g/mol. The molecule has 1 aliphatic rings. The molecule has 0 spiro atoms. The molecule has 0 amide bonds. The first kappa shape index (κ1) is 12.2. The minimum absolute atomic E-state index is 0.640. The summed E-state index contributed by atoms with van der Waals surface area (Å²) in [6.45, 7) is 0. The van der Waals surface area contributed by atoms with Crippen LogP contribution in [0.4, 0.5) is 5.69 Å². The number of benzene rings is 2. The van der Waals surface area contributed by atoms with Gasteiger partial charge in [-0.25, -0.2) is 0 Å². The highest BCUT2D eigenvalue weighted by molar-refractivity contribution is 5.93. The maximum absolute atomic E-state index is 6.21. The van der Waals surface area contributed by atoms with E-state index in [0.717, 1.165) is 23.1 Å². The Morgan fingerprint density at radius 3 is 2.86 bits per heavy atom. The van der Waals surface area contributed by atoms with E-state index in [4.69, 9.17) is 10.5 Å². The van der Waals surface area contributed by atoms with Crippen LogP contribution in [0.25, 0.3) is 10.9 Å². The number of hydrogen-bond donors (Lipinski definition) is 1. The number of nitrogens with zero attached hydrogens (tertiary/aromatic N) is 1. The van der Waals surface area contributed by atoms with Crippen molar-refractivity contribution in [3.63, 3.8) is 0 Å². The van der Waals surface area contributed by atoms with Crippen LogP contribution in [0.15, 0.2) is 48.7 Å². The van der Waals surface area contributed by atoms with Gasteiger partial charge in [-0.2, -0.15) is 0 Å². The van der Waals surface area contributed by atoms with Crippen molar-refractivity contribution in [3.8, 4) is 11.5 Å². The first-order valence-corrected chi connectivity index (χ1v) is 7.24. The van der Waals surface area contributed by atoms with Crippen molar-refractivity contribution in [2.24, 2.45) is 0 Å². The van der Waals surface area contributed by atoms with Gasteiger partial charge in [-0.1, -0.05) is 6.07 Å². The lowest BCUT2D eigenvalue weighted by atomic mass is 10.1. The third kappa shape index (κ3) is 2.11. The Bertz CT molecular complexity index is 827. The molecule has 0 saturated carbocycles. The van der Waals surface area contributed by atoms with Crippen LogP contribution in [0.1, 0.15) is 17.5 Å². The van der Waals surface area contributed by atoms with Crippen LogP contribution in [0.3, 0.4) is 0 Å². The fourth-order valence-corrected chi connectivity index (χ4v) is 2.98. The topological polar surface area (TPSA) is 48.1 Å². The SMILES string of the molecule is Nc1c(Oc2ccc3c(c2)CCC3)ccc2ncccc12. The smallest absolute Gasteiger partial charge is 0.151 e. The van der Waals surface area contributed by atoms with E-state index in [0.29, 0.717) is 11.4 Å². The number of anilines is 1. The second-order valence-corrected chi connectivity index (χ2v) is 5.43. The zero-order chi connectivity index (χ0) is 14.2. The number of aryl methyl sites for hydroxylation is 2. The van der Waals surface area contributed by atoms with Gasteiger partial charge >= 0.3 is 0 Å². The number of pyridine rings is 1. The van der Waals surface area contributed by atoms with Gasteiger partial charge in [-0.05, 0) is 66.8 Å². The lowest BCUT2D eigenvalue weighted by molar-refractivity contribution is 0.485. The molecule has 2 N–H and O–H groups in total. The second kappa shape index (κ2) is 4.77. The third-order valence-electron chi connectivity index (χ3n) is 4.08. The summed E-state index contributed by atoms with van der Waals surface area (Å²) < 4.78 is 5.99.